The van der Waals surface area contributed by atoms with Gasteiger partial charge in [-0.3, -0.25) is 0 Å². The first kappa shape index (κ1) is 7.73. The number of hydrogen-bond acceptors (Lipinski definition) is 1. The van der Waals surface area contributed by atoms with Crippen LogP contribution in [0.3, 0.4) is 0 Å². The highest BCUT2D eigenvalue weighted by Gasteiger charge is 2.54. The summed E-state index contributed by atoms with van der Waals surface area (Å²) < 4.78 is 0. The Morgan fingerprint density at radius 2 is 1.42 bits per heavy atom. The smallest absolute Gasteiger partial charge is 0.0106 e. The molecule has 0 aromatic rings. The Morgan fingerprint density at radius 1 is 0.833 bits per heavy atom. The van der Waals surface area contributed by atoms with Crippen LogP contribution in [-0.4, -0.2) is 11.5 Å². The van der Waals surface area contributed by atoms with Crippen LogP contribution in [0, 0.1) is 23.7 Å². The van der Waals surface area contributed by atoms with E-state index in [2.05, 4.69) is 18.0 Å². The van der Waals surface area contributed by atoms with Crippen LogP contribution in [0.25, 0.3) is 0 Å². The lowest BCUT2D eigenvalue weighted by Crippen LogP contribution is -2.15. The second-order valence-corrected chi connectivity index (χ2v) is 5.88. The molecule has 4 unspecified atom stereocenters. The van der Waals surface area contributed by atoms with Crippen molar-refractivity contribution < 1.29 is 0 Å². The van der Waals surface area contributed by atoms with E-state index in [0.717, 1.165) is 17.1 Å². The highest BCUT2D eigenvalue weighted by Crippen LogP contribution is 2.61. The Morgan fingerprint density at radius 3 is 1.92 bits per heavy atom. The number of thioether (sulfide) groups is 1. The van der Waals surface area contributed by atoms with E-state index in [4.69, 9.17) is 0 Å². The van der Waals surface area contributed by atoms with Crippen molar-refractivity contribution in [2.75, 3.05) is 6.26 Å². The van der Waals surface area contributed by atoms with E-state index >= 15 is 0 Å². The molecule has 3 aliphatic carbocycles. The lowest BCUT2D eigenvalue weighted by Gasteiger charge is -2.23. The van der Waals surface area contributed by atoms with E-state index in [1.54, 1.807) is 32.1 Å². The average Bonchev–Trinajstić information content (AvgIpc) is 2.75. The van der Waals surface area contributed by atoms with Crippen molar-refractivity contribution in [2.24, 2.45) is 23.7 Å². The second kappa shape index (κ2) is 2.67. The quantitative estimate of drug-likeness (QED) is 0.600. The Labute approximate surface area is 79.5 Å². The number of rotatable bonds is 1. The second-order valence-electron chi connectivity index (χ2n) is 4.86. The number of hydrogen-bond donors (Lipinski definition) is 0. The van der Waals surface area contributed by atoms with Gasteiger partial charge in [0.25, 0.3) is 0 Å². The lowest BCUT2D eigenvalue weighted by molar-refractivity contribution is 0.259. The first-order valence-electron chi connectivity index (χ1n) is 5.44. The summed E-state index contributed by atoms with van der Waals surface area (Å²) in [6.45, 7) is 0. The minimum Gasteiger partial charge on any atom is -0.161 e. The van der Waals surface area contributed by atoms with Gasteiger partial charge in [0.15, 0.2) is 0 Å². The van der Waals surface area contributed by atoms with Crippen molar-refractivity contribution in [3.05, 3.63) is 0 Å². The van der Waals surface area contributed by atoms with Crippen molar-refractivity contribution in [1.82, 2.24) is 0 Å². The highest BCUT2D eigenvalue weighted by molar-refractivity contribution is 7.99. The molecule has 3 aliphatic rings. The molecule has 2 bridgehead atoms. The van der Waals surface area contributed by atoms with E-state index in [0.29, 0.717) is 0 Å². The summed E-state index contributed by atoms with van der Waals surface area (Å²) in [6, 6.07) is 0. The molecule has 0 spiro atoms. The van der Waals surface area contributed by atoms with Crippen molar-refractivity contribution in [3.63, 3.8) is 0 Å². The van der Waals surface area contributed by atoms with Crippen molar-refractivity contribution in [1.29, 1.82) is 0 Å². The maximum absolute atomic E-state index is 2.33. The van der Waals surface area contributed by atoms with Crippen molar-refractivity contribution in [2.45, 2.75) is 37.4 Å². The molecular weight excluding hydrogens is 164 g/mol. The summed E-state index contributed by atoms with van der Waals surface area (Å²) in [5, 5.41) is 1.07. The fourth-order valence-electron chi connectivity index (χ4n) is 4.38. The van der Waals surface area contributed by atoms with E-state index in [1.807, 2.05) is 0 Å². The lowest BCUT2D eigenvalue weighted by atomic mass is 9.82. The van der Waals surface area contributed by atoms with E-state index < -0.39 is 0 Å². The van der Waals surface area contributed by atoms with Gasteiger partial charge in [-0.2, -0.15) is 11.8 Å². The van der Waals surface area contributed by atoms with Gasteiger partial charge in [0, 0.05) is 5.25 Å². The molecule has 12 heavy (non-hydrogen) atoms. The minimum atomic E-state index is 1.07. The van der Waals surface area contributed by atoms with Crippen LogP contribution in [-0.2, 0) is 0 Å². The molecule has 3 fully saturated rings. The highest BCUT2D eigenvalue weighted by atomic mass is 32.2. The van der Waals surface area contributed by atoms with E-state index in [1.165, 1.54) is 11.8 Å². The summed E-state index contributed by atoms with van der Waals surface area (Å²) in [5.74, 6) is 4.61. The van der Waals surface area contributed by atoms with E-state index in [9.17, 15) is 0 Å². The first-order valence-corrected chi connectivity index (χ1v) is 6.73. The predicted octanol–water partition coefficient (Wildman–Crippen LogP) is 3.17. The van der Waals surface area contributed by atoms with Gasteiger partial charge >= 0.3 is 0 Å². The summed E-state index contributed by atoms with van der Waals surface area (Å²) in [5.41, 5.74) is 0. The Bertz CT molecular complexity index is 167. The third-order valence-electron chi connectivity index (χ3n) is 4.67. The molecule has 4 atom stereocenters. The van der Waals surface area contributed by atoms with Crippen LogP contribution >= 0.6 is 11.8 Å². The Kier molecular flexibility index (Phi) is 1.72. The fourth-order valence-corrected chi connectivity index (χ4v) is 5.75. The topological polar surface area (TPSA) is 0 Å². The maximum atomic E-state index is 2.33. The molecule has 0 N–H and O–H groups in total. The van der Waals surface area contributed by atoms with Gasteiger partial charge in [-0.05, 0) is 55.6 Å². The van der Waals surface area contributed by atoms with Crippen LogP contribution in [0.5, 0.6) is 0 Å². The molecule has 0 aliphatic heterocycles. The molecule has 0 heterocycles. The van der Waals surface area contributed by atoms with Crippen molar-refractivity contribution >= 4 is 11.8 Å². The summed E-state index contributed by atoms with van der Waals surface area (Å²) in [4.78, 5) is 0. The largest absolute Gasteiger partial charge is 0.161 e. The average molecular weight is 182 g/mol. The van der Waals surface area contributed by atoms with Crippen LogP contribution in [0.15, 0.2) is 0 Å². The van der Waals surface area contributed by atoms with Gasteiger partial charge in [0.1, 0.15) is 0 Å². The number of fused-ring (bicyclic) bond motifs is 5. The van der Waals surface area contributed by atoms with Gasteiger partial charge in [-0.15, -0.1) is 0 Å². The molecule has 0 radical (unpaired) electrons. The fraction of sp³-hybridized carbons (Fsp3) is 1.00. The standard InChI is InChI=1S/C11H18S/c1-12-11-9-5-6-10(11)8-4-2-3-7(8)9/h7-11H,2-6H2,1H3. The van der Waals surface area contributed by atoms with Crippen LogP contribution in [0.2, 0.25) is 0 Å². The zero-order valence-electron chi connectivity index (χ0n) is 7.83. The SMILES string of the molecule is CSC1C2CCC1C1CCCC12. The molecule has 0 nitrogen and oxygen atoms in total. The monoisotopic (exact) mass is 182 g/mol. The van der Waals surface area contributed by atoms with Gasteiger partial charge in [-0.25, -0.2) is 0 Å². The normalized spacial score (nSPS) is 56.2. The third kappa shape index (κ3) is 0.814. The third-order valence-corrected chi connectivity index (χ3v) is 5.92. The molecular formula is C11H18S. The molecule has 3 saturated carbocycles. The van der Waals surface area contributed by atoms with Gasteiger partial charge in [-0.1, -0.05) is 6.42 Å². The van der Waals surface area contributed by atoms with Gasteiger partial charge < -0.3 is 0 Å². The Balaban J connectivity index is 1.88. The molecule has 0 saturated heterocycles. The van der Waals surface area contributed by atoms with Gasteiger partial charge in [0.2, 0.25) is 0 Å². The molecule has 0 amide bonds. The molecule has 68 valence electrons. The van der Waals surface area contributed by atoms with E-state index in [-0.39, 0.29) is 0 Å². The van der Waals surface area contributed by atoms with Gasteiger partial charge in [0.05, 0.1) is 0 Å². The summed E-state index contributed by atoms with van der Waals surface area (Å²) in [6.07, 6.45) is 10.2. The zero-order chi connectivity index (χ0) is 8.13. The van der Waals surface area contributed by atoms with Crippen LogP contribution in [0.1, 0.15) is 32.1 Å². The minimum absolute atomic E-state index is 1.07. The Hall–Kier alpha value is 0.350. The van der Waals surface area contributed by atoms with Crippen LogP contribution < -0.4 is 0 Å². The molecule has 1 heteroatoms. The zero-order valence-corrected chi connectivity index (χ0v) is 8.65. The molecule has 0 aromatic carbocycles. The molecule has 3 rings (SSSR count). The van der Waals surface area contributed by atoms with Crippen molar-refractivity contribution in [3.8, 4) is 0 Å². The summed E-state index contributed by atoms with van der Waals surface area (Å²) >= 11 is 2.17. The van der Waals surface area contributed by atoms with Crippen LogP contribution in [0.4, 0.5) is 0 Å². The molecule has 0 aromatic heterocycles. The maximum Gasteiger partial charge on any atom is 0.0106 e. The summed E-state index contributed by atoms with van der Waals surface area (Å²) in [7, 11) is 0. The predicted molar refractivity (Wildman–Crippen MR) is 54.3 cm³/mol. The first-order chi connectivity index (χ1) is 5.92.